The first-order valence-electron chi connectivity index (χ1n) is 5.97. The Morgan fingerprint density at radius 3 is 2.59 bits per heavy atom. The van der Waals surface area contributed by atoms with E-state index in [9.17, 15) is 15.0 Å². The van der Waals surface area contributed by atoms with E-state index in [2.05, 4.69) is 0 Å². The normalized spacial score (nSPS) is 30.2. The number of hydrogen-bond acceptors (Lipinski definition) is 4. The van der Waals surface area contributed by atoms with Gasteiger partial charge in [-0.05, 0) is 40.5 Å². The predicted octanol–water partition coefficient (Wildman–Crippen LogP) is 1.13. The molecular weight excluding hydrogens is 222 g/mol. The molecule has 0 aromatic rings. The van der Waals surface area contributed by atoms with Gasteiger partial charge in [0, 0.05) is 0 Å². The first kappa shape index (κ1) is 14.3. The van der Waals surface area contributed by atoms with Gasteiger partial charge in [0.25, 0.3) is 0 Å². The van der Waals surface area contributed by atoms with Gasteiger partial charge in [0.15, 0.2) is 0 Å². The number of likely N-dealkylation sites (tertiary alicyclic amines) is 1. The highest BCUT2D eigenvalue weighted by molar-refractivity contribution is 5.69. The molecule has 1 aliphatic rings. The van der Waals surface area contributed by atoms with Gasteiger partial charge in [-0.15, -0.1) is 0 Å². The number of rotatable bonds is 1. The molecule has 0 bridgehead atoms. The minimum absolute atomic E-state index is 0.102. The number of carbonyl (C=O) groups excluding carboxylic acids is 1. The summed E-state index contributed by atoms with van der Waals surface area (Å²) >= 11 is 0. The van der Waals surface area contributed by atoms with Gasteiger partial charge in [0.2, 0.25) is 0 Å². The second-order valence-electron chi connectivity index (χ2n) is 5.98. The molecule has 1 fully saturated rings. The molecule has 2 atom stereocenters. The van der Waals surface area contributed by atoms with Crippen LogP contribution in [0.4, 0.5) is 4.79 Å². The van der Waals surface area contributed by atoms with Crippen LogP contribution in [0.15, 0.2) is 0 Å². The summed E-state index contributed by atoms with van der Waals surface area (Å²) in [5, 5.41) is 19.2. The van der Waals surface area contributed by atoms with Crippen LogP contribution < -0.4 is 0 Å². The third-order valence-electron chi connectivity index (χ3n) is 2.81. The molecule has 0 radical (unpaired) electrons. The van der Waals surface area contributed by atoms with E-state index in [1.54, 1.807) is 27.7 Å². The van der Waals surface area contributed by atoms with Gasteiger partial charge < -0.3 is 19.8 Å². The lowest BCUT2D eigenvalue weighted by atomic mass is 9.91. The molecule has 2 N–H and O–H groups in total. The van der Waals surface area contributed by atoms with Crippen molar-refractivity contribution in [3.63, 3.8) is 0 Å². The van der Waals surface area contributed by atoms with E-state index in [0.717, 1.165) is 0 Å². The molecule has 5 heteroatoms. The minimum atomic E-state index is -0.900. The lowest BCUT2D eigenvalue weighted by molar-refractivity contribution is -0.0593. The minimum Gasteiger partial charge on any atom is -0.444 e. The summed E-state index contributed by atoms with van der Waals surface area (Å²) in [7, 11) is 0. The van der Waals surface area contributed by atoms with Crippen molar-refractivity contribution in [3.8, 4) is 0 Å². The van der Waals surface area contributed by atoms with Crippen LogP contribution in [-0.2, 0) is 4.74 Å². The average molecular weight is 245 g/mol. The molecule has 1 rings (SSSR count). The Bertz CT molecular complexity index is 283. The third kappa shape index (κ3) is 4.16. The molecule has 1 amide bonds. The van der Waals surface area contributed by atoms with Crippen molar-refractivity contribution in [3.05, 3.63) is 0 Å². The van der Waals surface area contributed by atoms with Gasteiger partial charge in [-0.1, -0.05) is 0 Å². The highest BCUT2D eigenvalue weighted by Crippen LogP contribution is 2.26. The summed E-state index contributed by atoms with van der Waals surface area (Å²) in [4.78, 5) is 13.4. The molecule has 1 saturated heterocycles. The van der Waals surface area contributed by atoms with E-state index in [4.69, 9.17) is 4.74 Å². The van der Waals surface area contributed by atoms with Crippen LogP contribution in [0.2, 0.25) is 0 Å². The number of β-amino-alcohol motifs (C(OH)–C–C–N with tert-alkyl or cyclic N) is 1. The second kappa shape index (κ2) is 4.82. The molecule has 1 heterocycles. The molecule has 0 saturated carbocycles. The maximum absolute atomic E-state index is 12.0. The Balaban J connectivity index is 2.73. The zero-order valence-electron chi connectivity index (χ0n) is 11.1. The molecular formula is C12H23NO4. The first-order chi connectivity index (χ1) is 7.64. The lowest BCUT2D eigenvalue weighted by Gasteiger charge is -2.42. The number of aliphatic hydroxyl groups is 2. The van der Waals surface area contributed by atoms with E-state index >= 15 is 0 Å². The molecule has 0 aromatic carbocycles. The zero-order chi connectivity index (χ0) is 13.3. The van der Waals surface area contributed by atoms with Crippen LogP contribution >= 0.6 is 0 Å². The molecule has 0 aliphatic carbocycles. The number of ether oxygens (including phenoxy) is 1. The summed E-state index contributed by atoms with van der Waals surface area (Å²) in [6.45, 7) is 7.17. The number of nitrogens with zero attached hydrogens (tertiary/aromatic N) is 1. The Morgan fingerprint density at radius 2 is 2.12 bits per heavy atom. The van der Waals surface area contributed by atoms with E-state index in [1.807, 2.05) is 0 Å². The highest BCUT2D eigenvalue weighted by atomic mass is 16.6. The van der Waals surface area contributed by atoms with Crippen LogP contribution in [0, 0.1) is 0 Å². The number of amides is 1. The van der Waals surface area contributed by atoms with Gasteiger partial charge in [-0.25, -0.2) is 4.79 Å². The van der Waals surface area contributed by atoms with E-state index < -0.39 is 17.3 Å². The maximum atomic E-state index is 12.0. The van der Waals surface area contributed by atoms with Crippen LogP contribution in [-0.4, -0.2) is 51.6 Å². The van der Waals surface area contributed by atoms with Gasteiger partial charge in [-0.2, -0.15) is 0 Å². The van der Waals surface area contributed by atoms with Crippen LogP contribution in [0.25, 0.3) is 0 Å². The van der Waals surface area contributed by atoms with Gasteiger partial charge >= 0.3 is 6.09 Å². The third-order valence-corrected chi connectivity index (χ3v) is 2.81. The van der Waals surface area contributed by atoms with Crippen molar-refractivity contribution >= 4 is 6.09 Å². The van der Waals surface area contributed by atoms with Crippen molar-refractivity contribution < 1.29 is 19.7 Å². The first-order valence-corrected chi connectivity index (χ1v) is 5.97. The smallest absolute Gasteiger partial charge is 0.410 e. The quantitative estimate of drug-likeness (QED) is 0.726. The largest absolute Gasteiger partial charge is 0.444 e. The molecule has 100 valence electrons. The van der Waals surface area contributed by atoms with E-state index in [-0.39, 0.29) is 19.2 Å². The summed E-state index contributed by atoms with van der Waals surface area (Å²) in [5.74, 6) is 0. The fraction of sp³-hybridized carbons (Fsp3) is 0.917. The molecule has 1 unspecified atom stereocenters. The molecule has 1 aliphatic heterocycles. The Hall–Kier alpha value is -0.810. The fourth-order valence-electron chi connectivity index (χ4n) is 1.93. The van der Waals surface area contributed by atoms with Crippen molar-refractivity contribution in [2.75, 3.05) is 13.2 Å². The molecule has 0 spiro atoms. The molecule has 17 heavy (non-hydrogen) atoms. The number of carbonyl (C=O) groups is 1. The van der Waals surface area contributed by atoms with E-state index in [0.29, 0.717) is 12.8 Å². The van der Waals surface area contributed by atoms with Gasteiger partial charge in [0.05, 0.1) is 24.8 Å². The number of aliphatic hydroxyl groups excluding tert-OH is 1. The van der Waals surface area contributed by atoms with Gasteiger partial charge in [-0.3, -0.25) is 0 Å². The summed E-state index contributed by atoms with van der Waals surface area (Å²) in [6.07, 6.45) is 0.691. The number of hydrogen-bond donors (Lipinski definition) is 2. The van der Waals surface area contributed by atoms with Crippen LogP contribution in [0.1, 0.15) is 40.5 Å². The monoisotopic (exact) mass is 245 g/mol. The van der Waals surface area contributed by atoms with Crippen molar-refractivity contribution in [1.29, 1.82) is 0 Å². The Labute approximate surface area is 102 Å². The SMILES string of the molecule is CC1(O)CC[C@@H](CO)N(C(=O)OC(C)(C)C)C1. The van der Waals surface area contributed by atoms with Crippen LogP contribution in [0.3, 0.4) is 0 Å². The summed E-state index contributed by atoms with van der Waals surface area (Å²) in [6, 6.07) is -0.259. The molecule has 0 aromatic heterocycles. The standard InChI is InChI=1S/C12H23NO4/c1-11(2,3)17-10(15)13-8-12(4,16)6-5-9(13)7-14/h9,14,16H,5-8H2,1-4H3/t9-,12?/m0/s1. The summed E-state index contributed by atoms with van der Waals surface area (Å²) in [5.41, 5.74) is -1.47. The lowest BCUT2D eigenvalue weighted by Crippen LogP contribution is -2.55. The van der Waals surface area contributed by atoms with Crippen LogP contribution in [0.5, 0.6) is 0 Å². The molecule has 5 nitrogen and oxygen atoms in total. The topological polar surface area (TPSA) is 70.0 Å². The van der Waals surface area contributed by atoms with Crippen molar-refractivity contribution in [2.45, 2.75) is 57.8 Å². The Kier molecular flexibility index (Phi) is 4.04. The zero-order valence-corrected chi connectivity index (χ0v) is 11.1. The van der Waals surface area contributed by atoms with Crippen molar-refractivity contribution in [1.82, 2.24) is 4.90 Å². The number of piperidine rings is 1. The van der Waals surface area contributed by atoms with E-state index in [1.165, 1.54) is 4.90 Å². The van der Waals surface area contributed by atoms with Crippen molar-refractivity contribution in [2.24, 2.45) is 0 Å². The van der Waals surface area contributed by atoms with Gasteiger partial charge in [0.1, 0.15) is 5.60 Å². The maximum Gasteiger partial charge on any atom is 0.410 e. The fourth-order valence-corrected chi connectivity index (χ4v) is 1.93. The second-order valence-corrected chi connectivity index (χ2v) is 5.98. The Morgan fingerprint density at radius 1 is 1.53 bits per heavy atom. The predicted molar refractivity (Wildman–Crippen MR) is 63.7 cm³/mol. The highest BCUT2D eigenvalue weighted by Gasteiger charge is 2.38. The summed E-state index contributed by atoms with van der Waals surface area (Å²) < 4.78 is 5.27. The average Bonchev–Trinajstić information content (AvgIpc) is 2.13.